The Bertz CT molecular complexity index is 420. The van der Waals surface area contributed by atoms with Gasteiger partial charge in [-0.05, 0) is 18.6 Å². The van der Waals surface area contributed by atoms with Gasteiger partial charge >= 0.3 is 0 Å². The Labute approximate surface area is 99.5 Å². The van der Waals surface area contributed by atoms with Gasteiger partial charge in [0.2, 0.25) is 0 Å². The average Bonchev–Trinajstić information content (AvgIpc) is 2.78. The highest BCUT2D eigenvalue weighted by molar-refractivity contribution is 5.78. The number of pyridine rings is 1. The third kappa shape index (κ3) is 2.64. The normalized spacial score (nSPS) is 20.7. The molecule has 5 nitrogen and oxygen atoms in total. The van der Waals surface area contributed by atoms with Gasteiger partial charge in [0.05, 0.1) is 0 Å². The van der Waals surface area contributed by atoms with E-state index in [-0.39, 0.29) is 11.9 Å². The van der Waals surface area contributed by atoms with Crippen LogP contribution >= 0.6 is 0 Å². The van der Waals surface area contributed by atoms with Crippen molar-refractivity contribution in [2.24, 2.45) is 10.7 Å². The minimum Gasteiger partial charge on any atom is -0.370 e. The number of nitrogens with two attached hydrogens (primary N) is 1. The van der Waals surface area contributed by atoms with Crippen LogP contribution in [0.3, 0.4) is 0 Å². The number of nitrogens with one attached hydrogen (secondary N) is 1. The Morgan fingerprint density at radius 2 is 2.53 bits per heavy atom. The van der Waals surface area contributed by atoms with Gasteiger partial charge in [0.15, 0.2) is 17.6 Å². The molecule has 0 amide bonds. The third-order valence-electron chi connectivity index (χ3n) is 2.82. The summed E-state index contributed by atoms with van der Waals surface area (Å²) in [6, 6.07) is 3.21. The van der Waals surface area contributed by atoms with Crippen LogP contribution in [-0.4, -0.2) is 37.1 Å². The van der Waals surface area contributed by atoms with Crippen LogP contribution in [0.5, 0.6) is 0 Å². The predicted octanol–water partition coefficient (Wildman–Crippen LogP) is 0.334. The van der Waals surface area contributed by atoms with Crippen molar-refractivity contribution < 1.29 is 4.39 Å². The quantitative estimate of drug-likeness (QED) is 0.575. The van der Waals surface area contributed by atoms with Gasteiger partial charge in [-0.25, -0.2) is 9.37 Å². The van der Waals surface area contributed by atoms with Crippen molar-refractivity contribution in [2.45, 2.75) is 12.5 Å². The molecule has 1 aliphatic rings. The molecule has 2 rings (SSSR count). The number of anilines is 1. The summed E-state index contributed by atoms with van der Waals surface area (Å²) in [6.45, 7) is 1.45. The van der Waals surface area contributed by atoms with Crippen LogP contribution in [0, 0.1) is 5.82 Å². The monoisotopic (exact) mass is 237 g/mol. The summed E-state index contributed by atoms with van der Waals surface area (Å²) < 4.78 is 13.5. The maximum absolute atomic E-state index is 13.5. The minimum absolute atomic E-state index is 0.195. The van der Waals surface area contributed by atoms with Crippen molar-refractivity contribution in [3.63, 3.8) is 0 Å². The van der Waals surface area contributed by atoms with Gasteiger partial charge in [-0.3, -0.25) is 4.99 Å². The molecule has 1 saturated heterocycles. The number of halogens is 1. The molecule has 3 N–H and O–H groups in total. The smallest absolute Gasteiger partial charge is 0.188 e. The first-order valence-corrected chi connectivity index (χ1v) is 5.55. The van der Waals surface area contributed by atoms with E-state index >= 15 is 0 Å². The standard InChI is InChI=1S/C11H16FN5/c1-14-11(13)16-8-4-6-17(7-8)10-9(12)3-2-5-15-10/h2-3,5,8H,4,6-7H2,1H3,(H3,13,14,16). The molecule has 6 heteroatoms. The van der Waals surface area contributed by atoms with Gasteiger partial charge in [-0.1, -0.05) is 0 Å². The number of rotatable bonds is 2. The van der Waals surface area contributed by atoms with E-state index < -0.39 is 0 Å². The molecular weight excluding hydrogens is 221 g/mol. The van der Waals surface area contributed by atoms with Crippen LogP contribution in [0.25, 0.3) is 0 Å². The lowest BCUT2D eigenvalue weighted by atomic mass is 10.3. The highest BCUT2D eigenvalue weighted by Gasteiger charge is 2.25. The Morgan fingerprint density at radius 3 is 3.24 bits per heavy atom. The van der Waals surface area contributed by atoms with Crippen molar-refractivity contribution >= 4 is 11.8 Å². The van der Waals surface area contributed by atoms with Crippen LogP contribution in [0.1, 0.15) is 6.42 Å². The SMILES string of the molecule is CN=C(N)NC1CCN(c2ncccc2F)C1. The molecule has 1 aromatic rings. The minimum atomic E-state index is -0.287. The maximum Gasteiger partial charge on any atom is 0.188 e. The first-order valence-electron chi connectivity index (χ1n) is 5.55. The van der Waals surface area contributed by atoms with Crippen LogP contribution in [-0.2, 0) is 0 Å². The second kappa shape index (κ2) is 4.99. The summed E-state index contributed by atoms with van der Waals surface area (Å²) in [7, 11) is 1.63. The van der Waals surface area contributed by atoms with Crippen LogP contribution in [0.15, 0.2) is 23.3 Å². The fourth-order valence-corrected chi connectivity index (χ4v) is 1.95. The number of aliphatic imine (C=N–C) groups is 1. The van der Waals surface area contributed by atoms with Crippen molar-refractivity contribution in [2.75, 3.05) is 25.0 Å². The predicted molar refractivity (Wildman–Crippen MR) is 65.5 cm³/mol. The molecule has 1 fully saturated rings. The molecule has 1 aromatic heterocycles. The zero-order chi connectivity index (χ0) is 12.3. The van der Waals surface area contributed by atoms with Gasteiger partial charge in [0.25, 0.3) is 0 Å². The number of hydrogen-bond acceptors (Lipinski definition) is 3. The molecule has 2 heterocycles. The number of nitrogens with zero attached hydrogens (tertiary/aromatic N) is 3. The van der Waals surface area contributed by atoms with Crippen LogP contribution in [0.4, 0.5) is 10.2 Å². The second-order valence-electron chi connectivity index (χ2n) is 3.99. The van der Waals surface area contributed by atoms with Gasteiger partial charge in [-0.15, -0.1) is 0 Å². The van der Waals surface area contributed by atoms with Gasteiger partial charge < -0.3 is 16.0 Å². The maximum atomic E-state index is 13.5. The van der Waals surface area contributed by atoms with E-state index in [0.717, 1.165) is 13.0 Å². The summed E-state index contributed by atoms with van der Waals surface area (Å²) >= 11 is 0. The first kappa shape index (κ1) is 11.6. The fraction of sp³-hybridized carbons (Fsp3) is 0.455. The van der Waals surface area contributed by atoms with Gasteiger partial charge in [0, 0.05) is 32.4 Å². The average molecular weight is 237 g/mol. The van der Waals surface area contributed by atoms with Crippen LogP contribution < -0.4 is 16.0 Å². The first-order chi connectivity index (χ1) is 8.20. The zero-order valence-electron chi connectivity index (χ0n) is 9.73. The molecule has 1 aliphatic heterocycles. The van der Waals surface area contributed by atoms with E-state index in [2.05, 4.69) is 15.3 Å². The van der Waals surface area contributed by atoms with Gasteiger partial charge in [-0.2, -0.15) is 0 Å². The number of hydrogen-bond donors (Lipinski definition) is 2. The van der Waals surface area contributed by atoms with Crippen molar-refractivity contribution in [1.82, 2.24) is 10.3 Å². The zero-order valence-corrected chi connectivity index (χ0v) is 9.73. The highest BCUT2D eigenvalue weighted by Crippen LogP contribution is 2.20. The Balaban J connectivity index is 2.01. The molecule has 0 bridgehead atoms. The molecule has 0 radical (unpaired) electrons. The van der Waals surface area contributed by atoms with Crippen molar-refractivity contribution in [3.05, 3.63) is 24.1 Å². The molecular formula is C11H16FN5. The van der Waals surface area contributed by atoms with E-state index in [1.165, 1.54) is 6.07 Å². The molecule has 17 heavy (non-hydrogen) atoms. The lowest BCUT2D eigenvalue weighted by Gasteiger charge is -2.18. The number of guanidine groups is 1. The number of aromatic nitrogens is 1. The lowest BCUT2D eigenvalue weighted by Crippen LogP contribution is -2.41. The van der Waals surface area contributed by atoms with Gasteiger partial charge in [0.1, 0.15) is 0 Å². The Hall–Kier alpha value is -1.85. The fourth-order valence-electron chi connectivity index (χ4n) is 1.95. The van der Waals surface area contributed by atoms with E-state index in [4.69, 9.17) is 5.73 Å². The second-order valence-corrected chi connectivity index (χ2v) is 3.99. The molecule has 1 atom stereocenters. The van der Waals surface area contributed by atoms with Crippen molar-refractivity contribution in [3.8, 4) is 0 Å². The highest BCUT2D eigenvalue weighted by atomic mass is 19.1. The molecule has 0 saturated carbocycles. The van der Waals surface area contributed by atoms with E-state index in [1.807, 2.05) is 4.90 Å². The topological polar surface area (TPSA) is 66.5 Å². The molecule has 1 unspecified atom stereocenters. The van der Waals surface area contributed by atoms with E-state index in [9.17, 15) is 4.39 Å². The lowest BCUT2D eigenvalue weighted by molar-refractivity contribution is 0.613. The summed E-state index contributed by atoms with van der Waals surface area (Å²) in [5.41, 5.74) is 5.60. The van der Waals surface area contributed by atoms with Crippen molar-refractivity contribution in [1.29, 1.82) is 0 Å². The van der Waals surface area contributed by atoms with E-state index in [0.29, 0.717) is 18.3 Å². The molecule has 0 spiro atoms. The third-order valence-corrected chi connectivity index (χ3v) is 2.82. The molecule has 92 valence electrons. The Kier molecular flexibility index (Phi) is 3.41. The van der Waals surface area contributed by atoms with E-state index in [1.54, 1.807) is 19.3 Å². The molecule has 0 aromatic carbocycles. The molecule has 0 aliphatic carbocycles. The summed E-state index contributed by atoms with van der Waals surface area (Å²) in [5.74, 6) is 0.535. The summed E-state index contributed by atoms with van der Waals surface area (Å²) in [6.07, 6.45) is 2.49. The summed E-state index contributed by atoms with van der Waals surface area (Å²) in [4.78, 5) is 9.81. The largest absolute Gasteiger partial charge is 0.370 e. The Morgan fingerprint density at radius 1 is 1.71 bits per heavy atom. The summed E-state index contributed by atoms with van der Waals surface area (Å²) in [5, 5.41) is 3.08. The van der Waals surface area contributed by atoms with Crippen LogP contribution in [0.2, 0.25) is 0 Å².